The first-order chi connectivity index (χ1) is 8.58. The van der Waals surface area contributed by atoms with E-state index in [1.807, 2.05) is 0 Å². The third kappa shape index (κ3) is 2.98. The van der Waals surface area contributed by atoms with Gasteiger partial charge < -0.3 is 5.32 Å². The van der Waals surface area contributed by atoms with Gasteiger partial charge in [-0.25, -0.2) is 9.97 Å². The standard InChI is InChI=1S/C11H6BrCl2N3O/c12-6-1-2-8(13)7(5-6)11(18)17-10-9(14)15-3-4-16-10/h1-5H,(H,16,17,18). The summed E-state index contributed by atoms with van der Waals surface area (Å²) in [6.07, 6.45) is 2.87. The van der Waals surface area contributed by atoms with Crippen molar-refractivity contribution in [1.29, 1.82) is 0 Å². The minimum atomic E-state index is -0.399. The lowest BCUT2D eigenvalue weighted by molar-refractivity contribution is 0.102. The number of nitrogens with zero attached hydrogens (tertiary/aromatic N) is 2. The molecule has 1 N–H and O–H groups in total. The zero-order valence-corrected chi connectivity index (χ0v) is 11.9. The summed E-state index contributed by atoms with van der Waals surface area (Å²) in [6.45, 7) is 0. The van der Waals surface area contributed by atoms with E-state index in [1.54, 1.807) is 18.2 Å². The van der Waals surface area contributed by atoms with Crippen LogP contribution in [0.2, 0.25) is 10.2 Å². The van der Waals surface area contributed by atoms with Crippen molar-refractivity contribution in [3.05, 3.63) is 50.8 Å². The van der Waals surface area contributed by atoms with Crippen LogP contribution < -0.4 is 5.32 Å². The van der Waals surface area contributed by atoms with Crippen LogP contribution >= 0.6 is 39.1 Å². The number of aromatic nitrogens is 2. The Morgan fingerprint density at radius 2 is 1.94 bits per heavy atom. The molecule has 0 bridgehead atoms. The van der Waals surface area contributed by atoms with Crippen molar-refractivity contribution in [3.63, 3.8) is 0 Å². The molecule has 4 nitrogen and oxygen atoms in total. The fourth-order valence-corrected chi connectivity index (χ4v) is 1.97. The molecular weight excluding hydrogens is 341 g/mol. The first kappa shape index (κ1) is 13.3. The summed E-state index contributed by atoms with van der Waals surface area (Å²) in [5, 5.41) is 3.01. The molecule has 0 saturated carbocycles. The van der Waals surface area contributed by atoms with E-state index in [1.165, 1.54) is 12.4 Å². The lowest BCUT2D eigenvalue weighted by Gasteiger charge is -2.07. The van der Waals surface area contributed by atoms with Gasteiger partial charge in [-0.15, -0.1) is 0 Å². The molecule has 18 heavy (non-hydrogen) atoms. The Bertz CT molecular complexity index is 607. The van der Waals surface area contributed by atoms with Gasteiger partial charge in [-0.2, -0.15) is 0 Å². The fraction of sp³-hybridized carbons (Fsp3) is 0. The highest BCUT2D eigenvalue weighted by atomic mass is 79.9. The average molecular weight is 347 g/mol. The second kappa shape index (κ2) is 5.65. The lowest BCUT2D eigenvalue weighted by Crippen LogP contribution is -2.14. The Balaban J connectivity index is 2.28. The molecule has 0 aliphatic heterocycles. The van der Waals surface area contributed by atoms with Gasteiger partial charge in [-0.1, -0.05) is 39.1 Å². The number of hydrogen-bond acceptors (Lipinski definition) is 3. The minimum Gasteiger partial charge on any atom is -0.304 e. The van der Waals surface area contributed by atoms with Crippen molar-refractivity contribution in [1.82, 2.24) is 9.97 Å². The fourth-order valence-electron chi connectivity index (χ4n) is 1.25. The van der Waals surface area contributed by atoms with Crippen molar-refractivity contribution < 1.29 is 4.79 Å². The summed E-state index contributed by atoms with van der Waals surface area (Å²) in [7, 11) is 0. The van der Waals surface area contributed by atoms with Gasteiger partial charge in [0, 0.05) is 16.9 Å². The van der Waals surface area contributed by atoms with Crippen LogP contribution in [0.1, 0.15) is 10.4 Å². The van der Waals surface area contributed by atoms with Gasteiger partial charge in [0.2, 0.25) is 0 Å². The van der Waals surface area contributed by atoms with Crippen LogP contribution in [0.4, 0.5) is 5.82 Å². The molecule has 0 aliphatic carbocycles. The maximum absolute atomic E-state index is 12.0. The maximum Gasteiger partial charge on any atom is 0.258 e. The van der Waals surface area contributed by atoms with Gasteiger partial charge in [0.25, 0.3) is 5.91 Å². The van der Waals surface area contributed by atoms with Crippen LogP contribution in [0.15, 0.2) is 35.1 Å². The largest absolute Gasteiger partial charge is 0.304 e. The molecule has 0 saturated heterocycles. The van der Waals surface area contributed by atoms with Gasteiger partial charge in [-0.05, 0) is 18.2 Å². The second-order valence-electron chi connectivity index (χ2n) is 3.27. The molecule has 0 aliphatic rings. The molecule has 1 heterocycles. The van der Waals surface area contributed by atoms with Gasteiger partial charge >= 0.3 is 0 Å². The van der Waals surface area contributed by atoms with E-state index in [9.17, 15) is 4.79 Å². The second-order valence-corrected chi connectivity index (χ2v) is 4.95. The molecule has 2 rings (SSSR count). The molecule has 0 fully saturated rings. The van der Waals surface area contributed by atoms with Crippen LogP contribution in [-0.4, -0.2) is 15.9 Å². The summed E-state index contributed by atoms with van der Waals surface area (Å²) in [5.41, 5.74) is 0.327. The SMILES string of the molecule is O=C(Nc1nccnc1Cl)c1cc(Br)ccc1Cl. The molecule has 0 spiro atoms. The number of hydrogen-bond donors (Lipinski definition) is 1. The van der Waals surface area contributed by atoms with Crippen LogP contribution in [0.25, 0.3) is 0 Å². The summed E-state index contributed by atoms with van der Waals surface area (Å²) in [6, 6.07) is 4.98. The third-order valence-electron chi connectivity index (χ3n) is 2.06. The Hall–Kier alpha value is -1.17. The zero-order chi connectivity index (χ0) is 13.1. The molecule has 0 atom stereocenters. The van der Waals surface area contributed by atoms with Gasteiger partial charge in [0.1, 0.15) is 0 Å². The van der Waals surface area contributed by atoms with Crippen molar-refractivity contribution in [2.75, 3.05) is 5.32 Å². The van der Waals surface area contributed by atoms with Crippen LogP contribution in [-0.2, 0) is 0 Å². The van der Waals surface area contributed by atoms with E-state index < -0.39 is 5.91 Å². The Morgan fingerprint density at radius 3 is 2.67 bits per heavy atom. The van der Waals surface area contributed by atoms with Crippen LogP contribution in [0.5, 0.6) is 0 Å². The summed E-state index contributed by atoms with van der Waals surface area (Å²) < 4.78 is 0.752. The van der Waals surface area contributed by atoms with E-state index in [-0.39, 0.29) is 11.0 Å². The molecule has 2 aromatic rings. The van der Waals surface area contributed by atoms with Gasteiger partial charge in [0.15, 0.2) is 11.0 Å². The highest BCUT2D eigenvalue weighted by Crippen LogP contribution is 2.23. The van der Waals surface area contributed by atoms with E-state index in [0.717, 1.165) is 4.47 Å². The molecule has 0 radical (unpaired) electrons. The number of carbonyl (C=O) groups excluding carboxylic acids is 1. The number of amides is 1. The minimum absolute atomic E-state index is 0.122. The monoisotopic (exact) mass is 345 g/mol. The third-order valence-corrected chi connectivity index (χ3v) is 3.16. The Labute approximate surface area is 121 Å². The van der Waals surface area contributed by atoms with Gasteiger partial charge in [0.05, 0.1) is 10.6 Å². The molecule has 1 amide bonds. The van der Waals surface area contributed by atoms with E-state index in [4.69, 9.17) is 23.2 Å². The molecule has 7 heteroatoms. The lowest BCUT2D eigenvalue weighted by atomic mass is 10.2. The quantitative estimate of drug-likeness (QED) is 0.899. The van der Waals surface area contributed by atoms with Crippen molar-refractivity contribution in [2.24, 2.45) is 0 Å². The number of carbonyl (C=O) groups is 1. The molecular formula is C11H6BrCl2N3O. The highest BCUT2D eigenvalue weighted by molar-refractivity contribution is 9.10. The molecule has 92 valence electrons. The van der Waals surface area contributed by atoms with Crippen molar-refractivity contribution >= 4 is 50.9 Å². The summed E-state index contributed by atoms with van der Waals surface area (Å²) in [4.78, 5) is 19.7. The topological polar surface area (TPSA) is 54.9 Å². The first-order valence-electron chi connectivity index (χ1n) is 4.81. The number of rotatable bonds is 2. The van der Waals surface area contributed by atoms with Crippen LogP contribution in [0.3, 0.4) is 0 Å². The highest BCUT2D eigenvalue weighted by Gasteiger charge is 2.13. The summed E-state index contributed by atoms with van der Waals surface area (Å²) in [5.74, 6) is -0.205. The maximum atomic E-state index is 12.0. The number of benzene rings is 1. The van der Waals surface area contributed by atoms with Crippen LogP contribution in [0, 0.1) is 0 Å². The van der Waals surface area contributed by atoms with Crippen molar-refractivity contribution in [3.8, 4) is 0 Å². The normalized spacial score (nSPS) is 10.2. The Morgan fingerprint density at radius 1 is 1.22 bits per heavy atom. The molecule has 0 unspecified atom stereocenters. The molecule has 1 aromatic heterocycles. The number of nitrogens with one attached hydrogen (secondary N) is 1. The van der Waals surface area contributed by atoms with Crippen molar-refractivity contribution in [2.45, 2.75) is 0 Å². The number of anilines is 1. The van der Waals surface area contributed by atoms with Gasteiger partial charge in [-0.3, -0.25) is 4.79 Å². The zero-order valence-electron chi connectivity index (χ0n) is 8.82. The number of halogens is 3. The molecule has 1 aromatic carbocycles. The predicted octanol–water partition coefficient (Wildman–Crippen LogP) is 3.80. The smallest absolute Gasteiger partial charge is 0.258 e. The summed E-state index contributed by atoms with van der Waals surface area (Å²) >= 11 is 15.0. The van der Waals surface area contributed by atoms with E-state index in [2.05, 4.69) is 31.2 Å². The van der Waals surface area contributed by atoms with E-state index >= 15 is 0 Å². The predicted molar refractivity (Wildman–Crippen MR) is 74.1 cm³/mol. The first-order valence-corrected chi connectivity index (χ1v) is 6.35. The van der Waals surface area contributed by atoms with E-state index in [0.29, 0.717) is 10.6 Å². The average Bonchev–Trinajstić information content (AvgIpc) is 2.35. The Kier molecular flexibility index (Phi) is 4.16.